The summed E-state index contributed by atoms with van der Waals surface area (Å²) in [4.78, 5) is 0. The lowest BCUT2D eigenvalue weighted by atomic mass is 9.87. The Bertz CT molecular complexity index is 2520. The van der Waals surface area contributed by atoms with Gasteiger partial charge in [-0.2, -0.15) is 0 Å². The van der Waals surface area contributed by atoms with Crippen LogP contribution in [0.5, 0.6) is 0 Å². The van der Waals surface area contributed by atoms with Crippen LogP contribution in [0, 0.1) is 0 Å². The summed E-state index contributed by atoms with van der Waals surface area (Å²) in [5, 5.41) is -2.47. The van der Waals surface area contributed by atoms with Crippen molar-refractivity contribution in [3.63, 3.8) is 0 Å². The largest absolute Gasteiger partial charge is 0.316 e. The molecule has 0 aliphatic rings. The highest BCUT2D eigenvalue weighted by molar-refractivity contribution is 5.88. The van der Waals surface area contributed by atoms with Crippen molar-refractivity contribution in [2.24, 2.45) is 0 Å². The van der Waals surface area contributed by atoms with Crippen LogP contribution in [0.1, 0.15) is 96.1 Å². The van der Waals surface area contributed by atoms with E-state index in [1.165, 1.54) is 0 Å². The molecule has 0 fully saturated rings. The molecule has 3 aromatic carbocycles. The summed E-state index contributed by atoms with van der Waals surface area (Å²) >= 11 is 0. The van der Waals surface area contributed by atoms with E-state index in [4.69, 9.17) is 39.8 Å². The Balaban J connectivity index is 2.26. The molecule has 0 aliphatic heterocycles. The molecular formula is C30H32N2. The minimum absolute atomic E-state index is 0.120. The summed E-state index contributed by atoms with van der Waals surface area (Å²) in [7, 11) is 0. The van der Waals surface area contributed by atoms with Gasteiger partial charge in [-0.15, -0.1) is 0 Å². The van der Waals surface area contributed by atoms with Crippen LogP contribution in [-0.2, 0) is 10.8 Å². The lowest BCUT2D eigenvalue weighted by molar-refractivity contribution is 0.594. The maximum absolute atomic E-state index is 9.47. The van der Waals surface area contributed by atoms with Crippen molar-refractivity contribution < 1.29 is 43.9 Å². The predicted molar refractivity (Wildman–Crippen MR) is 138 cm³/mol. The molecule has 0 atom stereocenters. The Labute approximate surface area is 236 Å². The molecule has 0 amide bonds. The van der Waals surface area contributed by atoms with Gasteiger partial charge in [0.1, 0.15) is 0 Å². The van der Waals surface area contributed by atoms with E-state index in [2.05, 4.69) is 0 Å². The van der Waals surface area contributed by atoms with E-state index in [9.17, 15) is 4.11 Å². The number of para-hydroxylation sites is 2. The molecular weight excluding hydrogens is 388 g/mol. The first-order valence-electron chi connectivity index (χ1n) is 24.8. The van der Waals surface area contributed by atoms with E-state index in [1.54, 1.807) is 0 Å². The summed E-state index contributed by atoms with van der Waals surface area (Å²) in [6, 6.07) is -15.6. The van der Waals surface area contributed by atoms with E-state index >= 15 is 0 Å². The first-order chi connectivity index (χ1) is 28.5. The summed E-state index contributed by atoms with van der Waals surface area (Å²) in [5.41, 5.74) is -16.6. The van der Waals surface area contributed by atoms with Crippen LogP contribution in [0.25, 0.3) is 33.2 Å². The number of nitrogens with zero attached hydrogens (tertiary/aromatic N) is 2. The van der Waals surface area contributed by atoms with Crippen LogP contribution in [0.15, 0.2) is 84.9 Å². The summed E-state index contributed by atoms with van der Waals surface area (Å²) in [6.07, 6.45) is -3.26. The lowest BCUT2D eigenvalue weighted by Crippen LogP contribution is -2.10. The number of hydrogen-bond acceptors (Lipinski definition) is 0. The highest BCUT2D eigenvalue weighted by atomic mass is 15.0. The van der Waals surface area contributed by atoms with Crippen molar-refractivity contribution >= 4 is 21.8 Å². The standard InChI is InChI=1S/C30H32N2/c1-29(2,3)25-19-31(27-16-9-7-14-23(25)27)21-12-11-13-22(18-21)32-20-26(30(4,5)6)24-15-8-10-17-28(24)32/h7-20H,1-6H3/i1D3,2D3,3D3,4D3,5D3,6D3,7D,8D,9D,10D,11D,12D,13D,14D,15D,16D,17D,18D,19D,20D. The predicted octanol–water partition coefficient (Wildman–Crippen LogP) is 8.17. The summed E-state index contributed by atoms with van der Waals surface area (Å²) < 4.78 is 274. The quantitative estimate of drug-likeness (QED) is 0.255. The molecule has 0 unspecified atom stereocenters. The van der Waals surface area contributed by atoms with Crippen molar-refractivity contribution in [3.8, 4) is 11.4 Å². The van der Waals surface area contributed by atoms with E-state index in [1.807, 2.05) is 0 Å². The van der Waals surface area contributed by atoms with Gasteiger partial charge in [0.05, 0.1) is 30.2 Å². The van der Waals surface area contributed by atoms with Crippen molar-refractivity contribution in [2.45, 2.75) is 51.9 Å². The molecule has 2 nitrogen and oxygen atoms in total. The van der Waals surface area contributed by atoms with Crippen LogP contribution in [0.2, 0.25) is 0 Å². The highest BCUT2D eigenvalue weighted by Gasteiger charge is 2.22. The van der Waals surface area contributed by atoms with Crippen molar-refractivity contribution in [1.29, 1.82) is 0 Å². The van der Waals surface area contributed by atoms with Crippen molar-refractivity contribution in [1.82, 2.24) is 9.13 Å². The normalized spacial score (nSPS) is 29.5. The third kappa shape index (κ3) is 3.35. The summed E-state index contributed by atoms with van der Waals surface area (Å²) in [5.74, 6) is 0. The average Bonchev–Trinajstić information content (AvgIpc) is 3.55. The second kappa shape index (κ2) is 7.13. The molecule has 0 saturated carbocycles. The number of benzene rings is 3. The SMILES string of the molecule is [2H]c1c([2H])c(-n2c([2H])c(C(C([2H])([2H])[2H])(C([2H])([2H])[2H])C([2H])([2H])[2H])c3c([2H])c([2H])c([2H])c([2H])c32)c([2H])c(-n2c([2H])c(C(C([2H])([2H])[2H])(C([2H])([2H])[2H])C([2H])([2H])[2H])c3c([2H])c([2H])c([2H])c([2H])c32)c1[2H]. The van der Waals surface area contributed by atoms with Crippen LogP contribution in [0.3, 0.4) is 0 Å². The Morgan fingerprint density at radius 2 is 1.03 bits per heavy atom. The lowest BCUT2D eigenvalue weighted by Gasteiger charge is -2.17. The highest BCUT2D eigenvalue weighted by Crippen LogP contribution is 2.36. The Kier molecular flexibility index (Phi) is 1.18. The fourth-order valence-electron chi connectivity index (χ4n) is 3.18. The molecule has 5 aromatic rings. The zero-order chi connectivity index (χ0) is 49.9. The van der Waals surface area contributed by atoms with Gasteiger partial charge in [-0.3, -0.25) is 0 Å². The molecule has 0 N–H and O–H groups in total. The summed E-state index contributed by atoms with van der Waals surface area (Å²) in [6.45, 7) is -25.2. The second-order valence-corrected chi connectivity index (χ2v) is 6.79. The minimum Gasteiger partial charge on any atom is -0.316 e. The van der Waals surface area contributed by atoms with Gasteiger partial charge in [0.15, 0.2) is 0 Å². The fraction of sp³-hybridized carbons (Fsp3) is 0.267. The number of fused-ring (bicyclic) bond motifs is 2. The molecule has 2 aromatic heterocycles. The minimum atomic E-state index is -4.22. The molecule has 32 heavy (non-hydrogen) atoms. The van der Waals surface area contributed by atoms with Gasteiger partial charge in [0.25, 0.3) is 0 Å². The van der Waals surface area contributed by atoms with Crippen molar-refractivity contribution in [3.05, 3.63) is 96.0 Å². The van der Waals surface area contributed by atoms with E-state index in [-0.39, 0.29) is 9.13 Å². The molecule has 2 heteroatoms. The van der Waals surface area contributed by atoms with Gasteiger partial charge in [-0.25, -0.2) is 0 Å². The van der Waals surface area contributed by atoms with Gasteiger partial charge in [-0.05, 0) is 52.2 Å². The van der Waals surface area contributed by atoms with Crippen LogP contribution in [-0.4, -0.2) is 9.13 Å². The monoisotopic (exact) mass is 452 g/mol. The molecule has 0 bridgehead atoms. The molecule has 0 spiro atoms. The Hall–Kier alpha value is -3.26. The maximum Gasteiger partial charge on any atom is 0.0826 e. The fourth-order valence-corrected chi connectivity index (χ4v) is 3.18. The average molecular weight is 453 g/mol. The number of aromatic nitrogens is 2. The topological polar surface area (TPSA) is 9.86 Å². The zero-order valence-electron chi connectivity index (χ0n) is 47.9. The first kappa shape index (κ1) is 5.28. The number of rotatable bonds is 2. The van der Waals surface area contributed by atoms with E-state index < -0.39 is 181 Å². The molecule has 162 valence electrons. The molecule has 5 rings (SSSR count). The zero-order valence-corrected chi connectivity index (χ0v) is 15.9. The third-order valence-corrected chi connectivity index (χ3v) is 4.53. The molecule has 0 aliphatic carbocycles. The first-order valence-corrected chi connectivity index (χ1v) is 8.84. The maximum atomic E-state index is 9.47. The van der Waals surface area contributed by atoms with Gasteiger partial charge in [0.2, 0.25) is 0 Å². The van der Waals surface area contributed by atoms with E-state index in [0.29, 0.717) is 0 Å². The third-order valence-electron chi connectivity index (χ3n) is 4.53. The van der Waals surface area contributed by atoms with Gasteiger partial charge >= 0.3 is 0 Å². The van der Waals surface area contributed by atoms with Crippen molar-refractivity contribution in [2.75, 3.05) is 0 Å². The molecule has 0 radical (unpaired) electrons. The van der Waals surface area contributed by atoms with Gasteiger partial charge < -0.3 is 9.13 Å². The smallest absolute Gasteiger partial charge is 0.0826 e. The van der Waals surface area contributed by atoms with Gasteiger partial charge in [-0.1, -0.05) is 83.4 Å². The second-order valence-electron chi connectivity index (χ2n) is 6.79. The number of hydrogen-bond donors (Lipinski definition) is 0. The Morgan fingerprint density at radius 3 is 1.47 bits per heavy atom. The van der Waals surface area contributed by atoms with Crippen LogP contribution >= 0.6 is 0 Å². The molecule has 0 saturated heterocycles. The van der Waals surface area contributed by atoms with E-state index in [0.717, 1.165) is 0 Å². The molecule has 2 heterocycles. The van der Waals surface area contributed by atoms with Gasteiger partial charge in [0, 0.05) is 59.2 Å². The Morgan fingerprint density at radius 1 is 0.594 bits per heavy atom. The van der Waals surface area contributed by atoms with Crippen LogP contribution < -0.4 is 0 Å². The van der Waals surface area contributed by atoms with Crippen LogP contribution in [0.4, 0.5) is 0 Å².